The average molecular weight is 260 g/mol. The van der Waals surface area contributed by atoms with E-state index in [9.17, 15) is 9.90 Å². The number of benzene rings is 1. The molecule has 0 atom stereocenters. The van der Waals surface area contributed by atoms with Crippen LogP contribution in [0.5, 0.6) is 0 Å². The maximum Gasteiger partial charge on any atom is 0.271 e. The van der Waals surface area contributed by atoms with E-state index in [0.29, 0.717) is 5.69 Å². The van der Waals surface area contributed by atoms with E-state index in [1.807, 2.05) is 32.0 Å². The minimum absolute atomic E-state index is 0.0241. The van der Waals surface area contributed by atoms with Gasteiger partial charge < -0.3 is 16.6 Å². The maximum absolute atomic E-state index is 11.3. The summed E-state index contributed by atoms with van der Waals surface area (Å²) in [5.74, 6) is -0.712. The molecule has 6 heteroatoms. The molecule has 2 rings (SSSR count). The summed E-state index contributed by atoms with van der Waals surface area (Å²) in [6, 6.07) is 5.77. The molecule has 0 aliphatic heterocycles. The third-order valence-corrected chi connectivity index (χ3v) is 2.99. The Kier molecular flexibility index (Phi) is 3.26. The quantitative estimate of drug-likeness (QED) is 0.753. The number of nitrogen functional groups attached to an aromatic ring is 1. The topological polar surface area (TPSA) is 107 Å². The Morgan fingerprint density at radius 3 is 2.63 bits per heavy atom. The van der Waals surface area contributed by atoms with Crippen molar-refractivity contribution >= 4 is 11.6 Å². The largest absolute Gasteiger partial charge is 0.395 e. The lowest BCUT2D eigenvalue weighted by Gasteiger charge is -2.09. The first-order valence-corrected chi connectivity index (χ1v) is 5.81. The zero-order valence-electron chi connectivity index (χ0n) is 10.8. The highest BCUT2D eigenvalue weighted by molar-refractivity contribution is 5.96. The van der Waals surface area contributed by atoms with Gasteiger partial charge in [0.15, 0.2) is 5.69 Å². The summed E-state index contributed by atoms with van der Waals surface area (Å²) in [6.07, 6.45) is 0. The third-order valence-electron chi connectivity index (χ3n) is 2.99. The Labute approximate surface area is 110 Å². The van der Waals surface area contributed by atoms with Crippen molar-refractivity contribution in [2.75, 3.05) is 5.73 Å². The van der Waals surface area contributed by atoms with Crippen LogP contribution in [0.4, 0.5) is 5.69 Å². The number of aliphatic hydroxyl groups is 1. The molecule has 0 saturated heterocycles. The molecule has 0 radical (unpaired) electrons. The highest BCUT2D eigenvalue weighted by atomic mass is 16.3. The van der Waals surface area contributed by atoms with Gasteiger partial charge in [-0.2, -0.15) is 5.10 Å². The summed E-state index contributed by atoms with van der Waals surface area (Å²) in [6.45, 7) is 3.58. The zero-order chi connectivity index (χ0) is 14.2. The normalized spacial score (nSPS) is 10.7. The summed E-state index contributed by atoms with van der Waals surface area (Å²) in [4.78, 5) is 11.3. The highest BCUT2D eigenvalue weighted by Gasteiger charge is 2.20. The van der Waals surface area contributed by atoms with Crippen molar-refractivity contribution < 1.29 is 9.90 Å². The van der Waals surface area contributed by atoms with Gasteiger partial charge in [-0.25, -0.2) is 4.68 Å². The number of primary amides is 1. The zero-order valence-corrected chi connectivity index (χ0v) is 10.8. The first-order valence-electron chi connectivity index (χ1n) is 5.81. The first kappa shape index (κ1) is 13.1. The molecule has 19 heavy (non-hydrogen) atoms. The SMILES string of the molecule is Cc1ccc(-n2nc(C(N)=O)c(N)c2CO)c(C)c1. The number of carbonyl (C=O) groups excluding carboxylic acids is 1. The molecule has 1 heterocycles. The number of aryl methyl sites for hydroxylation is 2. The molecule has 5 N–H and O–H groups in total. The molecule has 0 fully saturated rings. The van der Waals surface area contributed by atoms with Gasteiger partial charge in [0, 0.05) is 0 Å². The number of hydrogen-bond donors (Lipinski definition) is 3. The fourth-order valence-corrected chi connectivity index (χ4v) is 2.04. The molecular weight excluding hydrogens is 244 g/mol. The Bertz CT molecular complexity index is 646. The van der Waals surface area contributed by atoms with E-state index in [0.717, 1.165) is 16.8 Å². The van der Waals surface area contributed by atoms with E-state index in [4.69, 9.17) is 11.5 Å². The van der Waals surface area contributed by atoms with Crippen molar-refractivity contribution in [2.24, 2.45) is 5.73 Å². The predicted molar refractivity (Wildman–Crippen MR) is 71.9 cm³/mol. The van der Waals surface area contributed by atoms with Gasteiger partial charge >= 0.3 is 0 Å². The number of rotatable bonds is 3. The van der Waals surface area contributed by atoms with Gasteiger partial charge in [0.2, 0.25) is 0 Å². The molecule has 0 unspecified atom stereocenters. The highest BCUT2D eigenvalue weighted by Crippen LogP contribution is 2.23. The van der Waals surface area contributed by atoms with Crippen LogP contribution in [-0.4, -0.2) is 20.8 Å². The summed E-state index contributed by atoms with van der Waals surface area (Å²) >= 11 is 0. The lowest BCUT2D eigenvalue weighted by Crippen LogP contribution is -2.14. The minimum atomic E-state index is -0.712. The van der Waals surface area contributed by atoms with Crippen molar-refractivity contribution in [3.8, 4) is 5.69 Å². The van der Waals surface area contributed by atoms with Crippen molar-refractivity contribution in [3.05, 3.63) is 40.7 Å². The van der Waals surface area contributed by atoms with Gasteiger partial charge in [0.25, 0.3) is 5.91 Å². The average Bonchev–Trinajstić information content (AvgIpc) is 2.66. The molecule has 100 valence electrons. The van der Waals surface area contributed by atoms with Crippen molar-refractivity contribution in [1.29, 1.82) is 0 Å². The third kappa shape index (κ3) is 2.17. The molecule has 1 aromatic carbocycles. The fourth-order valence-electron chi connectivity index (χ4n) is 2.04. The molecule has 0 spiro atoms. The van der Waals surface area contributed by atoms with Crippen LogP contribution in [0.15, 0.2) is 18.2 Å². The number of hydrogen-bond acceptors (Lipinski definition) is 4. The maximum atomic E-state index is 11.3. The van der Waals surface area contributed by atoms with Crippen LogP contribution in [0.2, 0.25) is 0 Å². The molecule has 1 amide bonds. The van der Waals surface area contributed by atoms with Gasteiger partial charge in [-0.1, -0.05) is 17.7 Å². The predicted octanol–water partition coefficient (Wildman–Crippen LogP) is 0.663. The van der Waals surface area contributed by atoms with Gasteiger partial charge in [-0.05, 0) is 25.5 Å². The van der Waals surface area contributed by atoms with E-state index in [-0.39, 0.29) is 18.0 Å². The van der Waals surface area contributed by atoms with Crippen LogP contribution in [0, 0.1) is 13.8 Å². The molecule has 0 bridgehead atoms. The van der Waals surface area contributed by atoms with Crippen LogP contribution < -0.4 is 11.5 Å². The lowest BCUT2D eigenvalue weighted by atomic mass is 10.1. The molecular formula is C13H16N4O2. The fraction of sp³-hybridized carbons (Fsp3) is 0.231. The Balaban J connectivity index is 2.68. The number of aromatic nitrogens is 2. The molecule has 6 nitrogen and oxygen atoms in total. The van der Waals surface area contributed by atoms with E-state index >= 15 is 0 Å². The van der Waals surface area contributed by atoms with Crippen molar-refractivity contribution in [1.82, 2.24) is 9.78 Å². The number of carbonyl (C=O) groups is 1. The van der Waals surface area contributed by atoms with E-state index in [2.05, 4.69) is 5.10 Å². The van der Waals surface area contributed by atoms with Crippen LogP contribution in [0.3, 0.4) is 0 Å². The number of nitrogens with two attached hydrogens (primary N) is 2. The second-order valence-corrected chi connectivity index (χ2v) is 4.43. The van der Waals surface area contributed by atoms with Crippen LogP contribution in [0.25, 0.3) is 5.69 Å². The molecule has 2 aromatic rings. The van der Waals surface area contributed by atoms with Crippen LogP contribution in [0.1, 0.15) is 27.3 Å². The first-order chi connectivity index (χ1) is 8.95. The Morgan fingerprint density at radius 1 is 1.42 bits per heavy atom. The van der Waals surface area contributed by atoms with Crippen molar-refractivity contribution in [2.45, 2.75) is 20.5 Å². The van der Waals surface area contributed by atoms with Gasteiger partial charge in [0.05, 0.1) is 23.7 Å². The molecule has 0 aliphatic rings. The number of aliphatic hydroxyl groups excluding tert-OH is 1. The van der Waals surface area contributed by atoms with Gasteiger partial charge in [-0.3, -0.25) is 4.79 Å². The smallest absolute Gasteiger partial charge is 0.271 e. The van der Waals surface area contributed by atoms with Gasteiger partial charge in [0.1, 0.15) is 0 Å². The lowest BCUT2D eigenvalue weighted by molar-refractivity contribution is 0.0996. The number of amides is 1. The monoisotopic (exact) mass is 260 g/mol. The van der Waals surface area contributed by atoms with Crippen LogP contribution >= 0.6 is 0 Å². The molecule has 0 saturated carbocycles. The standard InChI is InChI=1S/C13H16N4O2/c1-7-3-4-9(8(2)5-7)17-10(6-18)11(14)12(16-17)13(15)19/h3-5,18H,6,14H2,1-2H3,(H2,15,19). The molecule has 1 aromatic heterocycles. The van der Waals surface area contributed by atoms with E-state index < -0.39 is 5.91 Å². The minimum Gasteiger partial charge on any atom is -0.395 e. The molecule has 0 aliphatic carbocycles. The van der Waals surface area contributed by atoms with E-state index in [1.165, 1.54) is 4.68 Å². The summed E-state index contributed by atoms with van der Waals surface area (Å²) in [7, 11) is 0. The van der Waals surface area contributed by atoms with Gasteiger partial charge in [-0.15, -0.1) is 0 Å². The van der Waals surface area contributed by atoms with Crippen LogP contribution in [-0.2, 0) is 6.61 Å². The Morgan fingerprint density at radius 2 is 2.11 bits per heavy atom. The van der Waals surface area contributed by atoms with Crippen molar-refractivity contribution in [3.63, 3.8) is 0 Å². The summed E-state index contributed by atoms with van der Waals surface area (Å²) in [5, 5.41) is 13.5. The second kappa shape index (κ2) is 4.74. The number of nitrogens with zero attached hydrogens (tertiary/aromatic N) is 2. The second-order valence-electron chi connectivity index (χ2n) is 4.43. The Hall–Kier alpha value is -2.34. The summed E-state index contributed by atoms with van der Waals surface area (Å²) < 4.78 is 1.46. The van der Waals surface area contributed by atoms with E-state index in [1.54, 1.807) is 0 Å². The number of anilines is 1. The summed E-state index contributed by atoms with van der Waals surface area (Å²) in [5.41, 5.74) is 14.3.